The van der Waals surface area contributed by atoms with Crippen LogP contribution in [0.3, 0.4) is 0 Å². The number of nitrogens with zero attached hydrogens (tertiary/aromatic N) is 2. The molecule has 0 aliphatic carbocycles. The van der Waals surface area contributed by atoms with Crippen LogP contribution in [0.25, 0.3) is 0 Å². The Hall–Kier alpha value is -2.00. The number of likely N-dealkylation sites (tertiary alicyclic amines) is 1. The van der Waals surface area contributed by atoms with E-state index < -0.39 is 0 Å². The number of carbonyl (C=O) groups is 1. The summed E-state index contributed by atoms with van der Waals surface area (Å²) >= 11 is 6.19. The van der Waals surface area contributed by atoms with Crippen molar-refractivity contribution in [3.63, 3.8) is 0 Å². The Morgan fingerprint density at radius 1 is 1.07 bits per heavy atom. The average Bonchev–Trinajstić information content (AvgIpc) is 3.25. The van der Waals surface area contributed by atoms with Gasteiger partial charge in [-0.2, -0.15) is 0 Å². The van der Waals surface area contributed by atoms with Crippen molar-refractivity contribution in [3.05, 3.63) is 64.7 Å². The van der Waals surface area contributed by atoms with Crippen molar-refractivity contribution >= 4 is 53.3 Å². The summed E-state index contributed by atoms with van der Waals surface area (Å²) in [5, 5.41) is 10.2. The SMILES string of the molecule is CN=C(NCc1cccc(NC(=O)N2CCCC2)c1)NCc1ccccc1Cl.I. The Morgan fingerprint density at radius 3 is 2.52 bits per heavy atom. The molecule has 0 spiro atoms. The van der Waals surface area contributed by atoms with E-state index in [-0.39, 0.29) is 30.0 Å². The molecule has 0 bridgehead atoms. The molecule has 2 amide bonds. The lowest BCUT2D eigenvalue weighted by Gasteiger charge is -2.17. The van der Waals surface area contributed by atoms with Crippen LogP contribution >= 0.6 is 35.6 Å². The fourth-order valence-electron chi connectivity index (χ4n) is 3.11. The first-order chi connectivity index (χ1) is 13.7. The van der Waals surface area contributed by atoms with Crippen LogP contribution in [-0.2, 0) is 13.1 Å². The predicted molar refractivity (Wildman–Crippen MR) is 130 cm³/mol. The van der Waals surface area contributed by atoms with E-state index in [9.17, 15) is 4.79 Å². The highest BCUT2D eigenvalue weighted by atomic mass is 127. The van der Waals surface area contributed by atoms with Gasteiger partial charge in [-0.25, -0.2) is 4.79 Å². The zero-order valence-corrected chi connectivity index (χ0v) is 19.5. The Balaban J connectivity index is 0.00000300. The van der Waals surface area contributed by atoms with Gasteiger partial charge in [-0.3, -0.25) is 4.99 Å². The van der Waals surface area contributed by atoms with E-state index in [4.69, 9.17) is 11.6 Å². The molecule has 3 rings (SSSR count). The van der Waals surface area contributed by atoms with Gasteiger partial charge >= 0.3 is 6.03 Å². The van der Waals surface area contributed by atoms with Crippen molar-refractivity contribution in [2.24, 2.45) is 4.99 Å². The zero-order chi connectivity index (χ0) is 19.8. The van der Waals surface area contributed by atoms with E-state index in [2.05, 4.69) is 20.9 Å². The van der Waals surface area contributed by atoms with Crippen LogP contribution in [0.5, 0.6) is 0 Å². The number of benzene rings is 2. The summed E-state index contributed by atoms with van der Waals surface area (Å²) in [6.07, 6.45) is 2.16. The molecule has 3 N–H and O–H groups in total. The molecule has 0 atom stereocenters. The molecule has 156 valence electrons. The number of nitrogens with one attached hydrogen (secondary N) is 3. The van der Waals surface area contributed by atoms with Crippen molar-refractivity contribution in [2.45, 2.75) is 25.9 Å². The van der Waals surface area contributed by atoms with E-state index in [0.717, 1.165) is 47.8 Å². The van der Waals surface area contributed by atoms with Gasteiger partial charge in [0.1, 0.15) is 0 Å². The molecule has 1 aliphatic heterocycles. The van der Waals surface area contributed by atoms with E-state index in [1.165, 1.54) is 0 Å². The van der Waals surface area contributed by atoms with Gasteiger partial charge in [0.2, 0.25) is 0 Å². The lowest BCUT2D eigenvalue weighted by atomic mass is 10.2. The third-order valence-electron chi connectivity index (χ3n) is 4.66. The number of guanidine groups is 1. The molecule has 29 heavy (non-hydrogen) atoms. The summed E-state index contributed by atoms with van der Waals surface area (Å²) in [5.41, 5.74) is 2.87. The maximum Gasteiger partial charge on any atom is 0.321 e. The van der Waals surface area contributed by atoms with Gasteiger partial charge in [0, 0.05) is 43.9 Å². The van der Waals surface area contributed by atoms with Gasteiger partial charge in [0.25, 0.3) is 0 Å². The second-order valence-electron chi connectivity index (χ2n) is 6.70. The minimum absolute atomic E-state index is 0. The molecule has 0 saturated carbocycles. The molecular weight excluding hydrogens is 501 g/mol. The fraction of sp³-hybridized carbons (Fsp3) is 0.333. The second kappa shape index (κ2) is 11.9. The maximum atomic E-state index is 12.2. The Labute approximate surface area is 194 Å². The summed E-state index contributed by atoms with van der Waals surface area (Å²) in [4.78, 5) is 18.3. The highest BCUT2D eigenvalue weighted by Gasteiger charge is 2.17. The highest BCUT2D eigenvalue weighted by molar-refractivity contribution is 14.0. The molecule has 1 fully saturated rings. The Bertz CT molecular complexity index is 839. The summed E-state index contributed by atoms with van der Waals surface area (Å²) < 4.78 is 0. The minimum atomic E-state index is -0.0279. The molecule has 1 heterocycles. The van der Waals surface area contributed by atoms with Crippen molar-refractivity contribution < 1.29 is 4.79 Å². The predicted octanol–water partition coefficient (Wildman–Crippen LogP) is 4.45. The van der Waals surface area contributed by atoms with Crippen molar-refractivity contribution in [1.29, 1.82) is 0 Å². The molecule has 8 heteroatoms. The first kappa shape index (κ1) is 23.3. The molecule has 0 unspecified atom stereocenters. The normalized spacial score (nSPS) is 13.6. The first-order valence-electron chi connectivity index (χ1n) is 9.48. The van der Waals surface area contributed by atoms with E-state index in [1.807, 2.05) is 53.4 Å². The molecule has 0 aromatic heterocycles. The fourth-order valence-corrected chi connectivity index (χ4v) is 3.31. The van der Waals surface area contributed by atoms with Crippen LogP contribution < -0.4 is 16.0 Å². The number of amides is 2. The molecule has 1 saturated heterocycles. The minimum Gasteiger partial charge on any atom is -0.352 e. The van der Waals surface area contributed by atoms with Gasteiger partial charge in [0.05, 0.1) is 0 Å². The Morgan fingerprint density at radius 2 is 1.79 bits per heavy atom. The largest absolute Gasteiger partial charge is 0.352 e. The van der Waals surface area contributed by atoms with Crippen molar-refractivity contribution in [3.8, 4) is 0 Å². The standard InChI is InChI=1S/C21H26ClN5O.HI/c1-23-20(25-15-17-8-2-3-10-19(17)22)24-14-16-7-6-9-18(13-16)26-21(28)27-11-4-5-12-27;/h2-3,6-10,13H,4-5,11-12,14-15H2,1H3,(H,26,28)(H2,23,24,25);1H. The third-order valence-corrected chi connectivity index (χ3v) is 5.03. The lowest BCUT2D eigenvalue weighted by molar-refractivity contribution is 0.222. The maximum absolute atomic E-state index is 12.2. The number of carbonyl (C=O) groups excluding carboxylic acids is 1. The molecule has 0 radical (unpaired) electrons. The number of rotatable bonds is 5. The van der Waals surface area contributed by atoms with Crippen LogP contribution in [0.2, 0.25) is 5.02 Å². The third kappa shape index (κ3) is 7.08. The zero-order valence-electron chi connectivity index (χ0n) is 16.5. The Kier molecular flexibility index (Phi) is 9.53. The van der Waals surface area contributed by atoms with Gasteiger partial charge in [-0.1, -0.05) is 41.9 Å². The number of aliphatic imine (C=N–C) groups is 1. The molecular formula is C21H27ClIN5O. The van der Waals surface area contributed by atoms with Crippen LogP contribution in [-0.4, -0.2) is 37.0 Å². The lowest BCUT2D eigenvalue weighted by Crippen LogP contribution is -2.36. The molecule has 2 aromatic rings. The molecule has 1 aliphatic rings. The van der Waals surface area contributed by atoms with Gasteiger partial charge in [-0.15, -0.1) is 24.0 Å². The number of urea groups is 1. The topological polar surface area (TPSA) is 68.8 Å². The van der Waals surface area contributed by atoms with Crippen LogP contribution in [0, 0.1) is 0 Å². The molecule has 2 aromatic carbocycles. The number of hydrogen-bond donors (Lipinski definition) is 3. The quantitative estimate of drug-likeness (QED) is 0.306. The van der Waals surface area contributed by atoms with Crippen LogP contribution in [0.1, 0.15) is 24.0 Å². The summed E-state index contributed by atoms with van der Waals surface area (Å²) in [7, 11) is 1.73. The average molecular weight is 528 g/mol. The van der Waals surface area contributed by atoms with E-state index >= 15 is 0 Å². The van der Waals surface area contributed by atoms with Crippen molar-refractivity contribution in [1.82, 2.24) is 15.5 Å². The number of halogens is 2. The highest BCUT2D eigenvalue weighted by Crippen LogP contribution is 2.15. The molecule has 6 nitrogen and oxygen atoms in total. The van der Waals surface area contributed by atoms with Crippen molar-refractivity contribution in [2.75, 3.05) is 25.5 Å². The van der Waals surface area contributed by atoms with Gasteiger partial charge in [-0.05, 0) is 42.2 Å². The van der Waals surface area contributed by atoms with Crippen LogP contribution in [0.4, 0.5) is 10.5 Å². The van der Waals surface area contributed by atoms with Crippen LogP contribution in [0.15, 0.2) is 53.5 Å². The summed E-state index contributed by atoms with van der Waals surface area (Å²) in [5.74, 6) is 0.687. The summed E-state index contributed by atoms with van der Waals surface area (Å²) in [6.45, 7) is 2.85. The first-order valence-corrected chi connectivity index (χ1v) is 9.86. The van der Waals surface area contributed by atoms with E-state index in [0.29, 0.717) is 19.0 Å². The van der Waals surface area contributed by atoms with Gasteiger partial charge < -0.3 is 20.9 Å². The van der Waals surface area contributed by atoms with Gasteiger partial charge in [0.15, 0.2) is 5.96 Å². The smallest absolute Gasteiger partial charge is 0.321 e. The van der Waals surface area contributed by atoms with E-state index in [1.54, 1.807) is 7.05 Å². The number of anilines is 1. The summed E-state index contributed by atoms with van der Waals surface area (Å²) in [6, 6.07) is 15.5. The number of hydrogen-bond acceptors (Lipinski definition) is 2. The monoisotopic (exact) mass is 527 g/mol. The second-order valence-corrected chi connectivity index (χ2v) is 7.10.